The number of nitrogens with zero attached hydrogens (tertiary/aromatic N) is 7. The van der Waals surface area contributed by atoms with Crippen LogP contribution >= 0.6 is 0 Å². The monoisotopic (exact) mass is 621 g/mol. The van der Waals surface area contributed by atoms with Gasteiger partial charge in [0.15, 0.2) is 5.83 Å². The van der Waals surface area contributed by atoms with Crippen LogP contribution in [0, 0.1) is 29.5 Å². The zero-order valence-electron chi connectivity index (χ0n) is 26.8. The van der Waals surface area contributed by atoms with Crippen molar-refractivity contribution in [2.24, 2.45) is 5.41 Å². The summed E-state index contributed by atoms with van der Waals surface area (Å²) in [5, 5.41) is 9.54. The number of benzene rings is 1. The lowest BCUT2D eigenvalue weighted by atomic mass is 9.74. The van der Waals surface area contributed by atoms with E-state index < -0.39 is 17.8 Å². The lowest BCUT2D eigenvalue weighted by Crippen LogP contribution is -2.55. The largest absolute Gasteiger partial charge is 0.463 e. The van der Waals surface area contributed by atoms with Gasteiger partial charge in [-0.1, -0.05) is 38.0 Å². The van der Waals surface area contributed by atoms with Crippen LogP contribution in [0.5, 0.6) is 6.01 Å². The molecule has 3 heterocycles. The molecule has 2 aromatic rings. The molecule has 1 aromatic heterocycles. The average molecular weight is 622 g/mol. The predicted molar refractivity (Wildman–Crippen MR) is 170 cm³/mol. The summed E-state index contributed by atoms with van der Waals surface area (Å²) in [4.78, 5) is 30.3. The molecule has 1 aromatic carbocycles. The molecule has 2 fully saturated rings. The van der Waals surface area contributed by atoms with E-state index in [2.05, 4.69) is 36.5 Å². The molecule has 0 bridgehead atoms. The fourth-order valence-electron chi connectivity index (χ4n) is 7.42. The molecule has 2 aliphatic heterocycles. The number of amides is 1. The Labute approximate surface area is 265 Å². The van der Waals surface area contributed by atoms with E-state index in [0.717, 1.165) is 42.6 Å². The second kappa shape index (κ2) is 14.1. The summed E-state index contributed by atoms with van der Waals surface area (Å²) in [5.41, 5.74) is 3.19. The van der Waals surface area contributed by atoms with E-state index in [1.54, 1.807) is 6.07 Å². The Bertz CT molecular complexity index is 1420. The summed E-state index contributed by atoms with van der Waals surface area (Å²) in [6.45, 7) is 8.51. The molecule has 1 atom stereocenters. The van der Waals surface area contributed by atoms with E-state index in [9.17, 15) is 14.4 Å². The van der Waals surface area contributed by atoms with E-state index in [4.69, 9.17) is 14.7 Å². The normalized spacial score (nSPS) is 19.9. The number of hydrogen-bond acceptors (Lipinski definition) is 8. The topological polar surface area (TPSA) is 88.8 Å². The molecule has 1 saturated heterocycles. The minimum atomic E-state index is -1.03. The van der Waals surface area contributed by atoms with Crippen molar-refractivity contribution in [2.45, 2.75) is 70.9 Å². The van der Waals surface area contributed by atoms with Crippen molar-refractivity contribution >= 4 is 17.4 Å². The van der Waals surface area contributed by atoms with Gasteiger partial charge in [0.2, 0.25) is 0 Å². The van der Waals surface area contributed by atoms with Crippen LogP contribution in [-0.2, 0) is 17.8 Å². The fraction of sp³-hybridized carbons (Fsp3) is 0.588. The van der Waals surface area contributed by atoms with Crippen molar-refractivity contribution in [3.63, 3.8) is 0 Å². The van der Waals surface area contributed by atoms with E-state index in [-0.39, 0.29) is 30.2 Å². The minimum absolute atomic E-state index is 0.00696. The Morgan fingerprint density at radius 3 is 2.62 bits per heavy atom. The van der Waals surface area contributed by atoms with Crippen LogP contribution in [0.1, 0.15) is 61.8 Å². The molecule has 0 unspecified atom stereocenters. The lowest BCUT2D eigenvalue weighted by Gasteiger charge is -2.41. The Kier molecular flexibility index (Phi) is 10.2. The molecule has 3 aliphatic rings. The van der Waals surface area contributed by atoms with Crippen LogP contribution in [0.3, 0.4) is 0 Å². The molecular weight excluding hydrogens is 576 g/mol. The van der Waals surface area contributed by atoms with Crippen LogP contribution in [0.15, 0.2) is 30.6 Å². The Morgan fingerprint density at radius 2 is 1.93 bits per heavy atom. The zero-order chi connectivity index (χ0) is 32.1. The van der Waals surface area contributed by atoms with Crippen LogP contribution in [0.4, 0.5) is 20.3 Å². The number of halogens is 2. The number of carbonyl (C=O) groups excluding carboxylic acids is 1. The number of aromatic nitrogens is 2. The van der Waals surface area contributed by atoms with Gasteiger partial charge in [-0.2, -0.15) is 15.2 Å². The van der Waals surface area contributed by atoms with Crippen molar-refractivity contribution in [3.8, 4) is 12.1 Å². The molecule has 9 nitrogen and oxygen atoms in total. The van der Waals surface area contributed by atoms with E-state index in [0.29, 0.717) is 50.7 Å². The third kappa shape index (κ3) is 7.38. The quantitative estimate of drug-likeness (QED) is 0.354. The molecule has 0 N–H and O–H groups in total. The van der Waals surface area contributed by atoms with Gasteiger partial charge in [0.1, 0.15) is 11.6 Å². The second-order valence-corrected chi connectivity index (χ2v) is 13.1. The van der Waals surface area contributed by atoms with Crippen molar-refractivity contribution in [1.29, 1.82) is 5.26 Å². The maximum atomic E-state index is 15.1. The first-order chi connectivity index (χ1) is 21.6. The molecule has 0 radical (unpaired) electrons. The Balaban J connectivity index is 1.51. The number of para-hydroxylation sites is 1. The Hall–Kier alpha value is -3.78. The summed E-state index contributed by atoms with van der Waals surface area (Å²) in [5.74, 6) is -1.37. The number of aryl methyl sites for hydroxylation is 1. The Morgan fingerprint density at radius 1 is 1.16 bits per heavy atom. The van der Waals surface area contributed by atoms with Crippen LogP contribution < -0.4 is 14.5 Å². The van der Waals surface area contributed by atoms with Crippen molar-refractivity contribution in [2.75, 3.05) is 63.2 Å². The number of ether oxygens (including phenoxy) is 1. The van der Waals surface area contributed by atoms with Crippen molar-refractivity contribution in [1.82, 2.24) is 19.8 Å². The third-order valence-corrected chi connectivity index (χ3v) is 9.43. The number of piperazine rings is 1. The van der Waals surface area contributed by atoms with E-state index >= 15 is 4.39 Å². The number of rotatable bonds is 9. The number of hydrogen-bond donors (Lipinski definition) is 0. The highest BCUT2D eigenvalue weighted by Crippen LogP contribution is 2.38. The van der Waals surface area contributed by atoms with E-state index in [1.165, 1.54) is 30.2 Å². The first-order valence-corrected chi connectivity index (χ1v) is 16.1. The maximum Gasteiger partial charge on any atom is 0.318 e. The highest BCUT2D eigenvalue weighted by Gasteiger charge is 2.36. The number of fused-ring (bicyclic) bond motifs is 1. The number of anilines is 2. The highest BCUT2D eigenvalue weighted by molar-refractivity contribution is 5.91. The molecule has 1 saturated carbocycles. The van der Waals surface area contributed by atoms with Gasteiger partial charge in [-0.15, -0.1) is 0 Å². The fourth-order valence-corrected chi connectivity index (χ4v) is 7.42. The van der Waals surface area contributed by atoms with Gasteiger partial charge in [0.25, 0.3) is 5.91 Å². The molecule has 45 heavy (non-hydrogen) atoms. The van der Waals surface area contributed by atoms with Gasteiger partial charge in [0.05, 0.1) is 43.1 Å². The summed E-state index contributed by atoms with van der Waals surface area (Å²) in [7, 11) is 4.18. The zero-order valence-corrected chi connectivity index (χ0v) is 26.8. The molecule has 5 rings (SSSR count). The maximum absolute atomic E-state index is 15.1. The van der Waals surface area contributed by atoms with Gasteiger partial charge >= 0.3 is 6.01 Å². The highest BCUT2D eigenvalue weighted by atomic mass is 19.1. The van der Waals surface area contributed by atoms with Gasteiger partial charge in [-0.25, -0.2) is 8.78 Å². The van der Waals surface area contributed by atoms with Crippen molar-refractivity contribution in [3.05, 3.63) is 53.2 Å². The molecule has 242 valence electrons. The molecule has 1 aliphatic carbocycles. The summed E-state index contributed by atoms with van der Waals surface area (Å²) in [6.07, 6.45) is 7.23. The van der Waals surface area contributed by atoms with Gasteiger partial charge in [-0.3, -0.25) is 4.79 Å². The molecular formula is C34H45F2N7O2. The third-order valence-electron chi connectivity index (χ3n) is 9.43. The first-order valence-electron chi connectivity index (χ1n) is 16.1. The van der Waals surface area contributed by atoms with Crippen molar-refractivity contribution < 1.29 is 18.3 Å². The standard InChI is InChI=1S/C34H45F2N7O2/c1-24-10-8-12-28(36)30(24)41-17-9-11-27-29(21-41)38-33(45-23-34(22-40(3)4)14-6-5-7-15-34)39-31(27)42-18-19-43(32(44)25(2)35)26(20-42)13-16-37/h8,10,12,26H,2,5-7,9,11,13-15,17-23H2,1,3-4H3/t26-/m0/s1. The smallest absolute Gasteiger partial charge is 0.318 e. The SMILES string of the molecule is C=C(F)C(=O)N1CCN(c2nc(OCC3(CN(C)C)CCCCC3)nc3c2CCCN(c2c(C)cccc2F)C3)C[C@@H]1CC#N. The summed E-state index contributed by atoms with van der Waals surface area (Å²) < 4.78 is 35.5. The van der Waals surface area contributed by atoms with Crippen LogP contribution in [-0.4, -0.2) is 85.1 Å². The van der Waals surface area contributed by atoms with Crippen LogP contribution in [0.25, 0.3) is 0 Å². The summed E-state index contributed by atoms with van der Waals surface area (Å²) in [6, 6.07) is 7.05. The number of nitriles is 1. The number of carbonyl (C=O) groups is 1. The van der Waals surface area contributed by atoms with Gasteiger partial charge < -0.3 is 24.3 Å². The van der Waals surface area contributed by atoms with Crippen LogP contribution in [0.2, 0.25) is 0 Å². The van der Waals surface area contributed by atoms with E-state index in [1.807, 2.05) is 17.9 Å². The summed E-state index contributed by atoms with van der Waals surface area (Å²) >= 11 is 0. The van der Waals surface area contributed by atoms with Gasteiger partial charge in [-0.05, 0) is 58.3 Å². The minimum Gasteiger partial charge on any atom is -0.463 e. The first kappa shape index (κ1) is 32.6. The lowest BCUT2D eigenvalue weighted by molar-refractivity contribution is -0.131. The molecule has 1 amide bonds. The molecule has 0 spiro atoms. The molecule has 11 heteroatoms. The van der Waals surface area contributed by atoms with Gasteiger partial charge in [0, 0.05) is 43.7 Å². The average Bonchev–Trinajstić information content (AvgIpc) is 3.22. The predicted octanol–water partition coefficient (Wildman–Crippen LogP) is 5.18. The second-order valence-electron chi connectivity index (χ2n) is 13.1.